The summed E-state index contributed by atoms with van der Waals surface area (Å²) in [6, 6.07) is 18.1. The van der Waals surface area contributed by atoms with Crippen molar-refractivity contribution in [1.82, 2.24) is 10.2 Å². The summed E-state index contributed by atoms with van der Waals surface area (Å²) in [4.78, 5) is 4.56. The second-order valence-corrected chi connectivity index (χ2v) is 6.17. The Kier molecular flexibility index (Phi) is 4.28. The number of anilines is 2. The summed E-state index contributed by atoms with van der Waals surface area (Å²) >= 11 is 0. The molecule has 6 heteroatoms. The molecule has 0 unspecified atom stereocenters. The Bertz CT molecular complexity index is 973. The lowest BCUT2D eigenvalue weighted by molar-refractivity contribution is 0.413. The standard InChI is InChI=1S/C20H19N5O/c1-26-19-9-5-4-8-18(19)24-10-12-25(13-11-24)20-15-6-2-3-7-16(15)22-23-17(20)14-21/h2-9H,10-13H2,1H3. The first-order valence-electron chi connectivity index (χ1n) is 8.60. The lowest BCUT2D eigenvalue weighted by Crippen LogP contribution is -2.47. The van der Waals surface area contributed by atoms with Gasteiger partial charge in [0, 0.05) is 31.6 Å². The number of methoxy groups -OCH3 is 1. The van der Waals surface area contributed by atoms with Crippen LogP contribution in [0, 0.1) is 11.3 Å². The molecule has 6 nitrogen and oxygen atoms in total. The van der Waals surface area contributed by atoms with Gasteiger partial charge in [-0.1, -0.05) is 30.3 Å². The van der Waals surface area contributed by atoms with Gasteiger partial charge in [-0.15, -0.1) is 10.2 Å². The minimum Gasteiger partial charge on any atom is -0.495 e. The zero-order valence-electron chi connectivity index (χ0n) is 14.6. The predicted molar refractivity (Wildman–Crippen MR) is 102 cm³/mol. The van der Waals surface area contributed by atoms with Crippen LogP contribution in [0.3, 0.4) is 0 Å². The van der Waals surface area contributed by atoms with E-state index in [1.165, 1.54) is 0 Å². The molecule has 0 aliphatic carbocycles. The lowest BCUT2D eigenvalue weighted by atomic mass is 10.1. The normalized spacial score (nSPS) is 14.3. The third-order valence-corrected chi connectivity index (χ3v) is 4.77. The molecular weight excluding hydrogens is 326 g/mol. The maximum atomic E-state index is 9.50. The van der Waals surface area contributed by atoms with Crippen molar-refractivity contribution in [1.29, 1.82) is 5.26 Å². The van der Waals surface area contributed by atoms with Crippen molar-refractivity contribution in [3.63, 3.8) is 0 Å². The Morgan fingerprint density at radius 3 is 2.38 bits per heavy atom. The smallest absolute Gasteiger partial charge is 0.187 e. The fraction of sp³-hybridized carbons (Fsp3) is 0.250. The summed E-state index contributed by atoms with van der Waals surface area (Å²) in [5.41, 5.74) is 3.19. The number of piperazine rings is 1. The molecule has 1 fully saturated rings. The van der Waals surface area contributed by atoms with Gasteiger partial charge >= 0.3 is 0 Å². The van der Waals surface area contributed by atoms with Crippen LogP contribution in [0.1, 0.15) is 5.69 Å². The molecule has 0 spiro atoms. The van der Waals surface area contributed by atoms with Gasteiger partial charge in [0.25, 0.3) is 0 Å². The van der Waals surface area contributed by atoms with Gasteiger partial charge in [0.15, 0.2) is 5.69 Å². The van der Waals surface area contributed by atoms with E-state index in [9.17, 15) is 5.26 Å². The molecule has 1 saturated heterocycles. The van der Waals surface area contributed by atoms with Crippen LogP contribution in [0.5, 0.6) is 5.75 Å². The van der Waals surface area contributed by atoms with E-state index in [0.717, 1.165) is 54.2 Å². The molecule has 0 radical (unpaired) electrons. The number of ether oxygens (including phenoxy) is 1. The second kappa shape index (κ2) is 6.89. The monoisotopic (exact) mass is 345 g/mol. The molecule has 0 atom stereocenters. The van der Waals surface area contributed by atoms with Crippen LogP contribution in [0.4, 0.5) is 11.4 Å². The molecule has 3 aromatic rings. The Balaban J connectivity index is 1.63. The van der Waals surface area contributed by atoms with Crippen molar-refractivity contribution in [3.05, 3.63) is 54.2 Å². The molecule has 1 aliphatic rings. The van der Waals surface area contributed by atoms with Crippen molar-refractivity contribution < 1.29 is 4.74 Å². The minimum absolute atomic E-state index is 0.384. The van der Waals surface area contributed by atoms with Gasteiger partial charge in [-0.2, -0.15) is 5.26 Å². The molecule has 0 amide bonds. The highest BCUT2D eigenvalue weighted by molar-refractivity contribution is 5.93. The van der Waals surface area contributed by atoms with Crippen LogP contribution in [-0.2, 0) is 0 Å². The minimum atomic E-state index is 0.384. The Hall–Kier alpha value is -3.33. The molecule has 0 N–H and O–H groups in total. The van der Waals surface area contributed by atoms with E-state index in [1.54, 1.807) is 7.11 Å². The molecule has 1 aromatic heterocycles. The Labute approximate surface area is 152 Å². The third-order valence-electron chi connectivity index (χ3n) is 4.77. The van der Waals surface area contributed by atoms with Crippen LogP contribution < -0.4 is 14.5 Å². The van der Waals surface area contributed by atoms with Gasteiger partial charge in [0.05, 0.1) is 24.0 Å². The number of nitrogens with zero attached hydrogens (tertiary/aromatic N) is 5. The molecule has 2 aromatic carbocycles. The fourth-order valence-corrected chi connectivity index (χ4v) is 3.50. The van der Waals surface area contributed by atoms with E-state index in [-0.39, 0.29) is 0 Å². The van der Waals surface area contributed by atoms with Crippen molar-refractivity contribution in [3.8, 4) is 11.8 Å². The first kappa shape index (κ1) is 16.2. The number of rotatable bonds is 3. The average Bonchev–Trinajstić information content (AvgIpc) is 2.73. The van der Waals surface area contributed by atoms with Gasteiger partial charge in [0.1, 0.15) is 11.8 Å². The van der Waals surface area contributed by atoms with Crippen molar-refractivity contribution in [2.75, 3.05) is 43.1 Å². The Morgan fingerprint density at radius 2 is 1.62 bits per heavy atom. The summed E-state index contributed by atoms with van der Waals surface area (Å²) in [7, 11) is 1.70. The van der Waals surface area contributed by atoms with E-state index in [1.807, 2.05) is 42.5 Å². The number of nitriles is 1. The molecule has 1 aliphatic heterocycles. The van der Waals surface area contributed by atoms with Crippen molar-refractivity contribution >= 4 is 22.3 Å². The summed E-state index contributed by atoms with van der Waals surface area (Å²) in [5.74, 6) is 0.884. The summed E-state index contributed by atoms with van der Waals surface area (Å²) in [6.45, 7) is 3.31. The predicted octanol–water partition coefficient (Wildman–Crippen LogP) is 2.84. The fourth-order valence-electron chi connectivity index (χ4n) is 3.50. The third kappa shape index (κ3) is 2.78. The molecule has 130 valence electrons. The first-order valence-corrected chi connectivity index (χ1v) is 8.60. The molecule has 4 rings (SSSR count). The molecular formula is C20H19N5O. The van der Waals surface area contributed by atoms with E-state index < -0.39 is 0 Å². The zero-order chi connectivity index (χ0) is 17.9. The number of hydrogen-bond donors (Lipinski definition) is 0. The SMILES string of the molecule is COc1ccccc1N1CCN(c2c(C#N)nnc3ccccc23)CC1. The van der Waals surface area contributed by atoms with Crippen LogP contribution >= 0.6 is 0 Å². The number of para-hydroxylation sites is 2. The van der Waals surface area contributed by atoms with Crippen molar-refractivity contribution in [2.24, 2.45) is 0 Å². The van der Waals surface area contributed by atoms with E-state index in [0.29, 0.717) is 5.69 Å². The van der Waals surface area contributed by atoms with Crippen LogP contribution in [-0.4, -0.2) is 43.5 Å². The quantitative estimate of drug-likeness (QED) is 0.727. The molecule has 0 saturated carbocycles. The molecule has 2 heterocycles. The highest BCUT2D eigenvalue weighted by Crippen LogP contribution is 2.32. The second-order valence-electron chi connectivity index (χ2n) is 6.17. The van der Waals surface area contributed by atoms with E-state index in [4.69, 9.17) is 4.74 Å². The maximum Gasteiger partial charge on any atom is 0.187 e. The van der Waals surface area contributed by atoms with Crippen LogP contribution in [0.15, 0.2) is 48.5 Å². The van der Waals surface area contributed by atoms with Gasteiger partial charge in [-0.05, 0) is 18.2 Å². The van der Waals surface area contributed by atoms with Gasteiger partial charge in [-0.25, -0.2) is 0 Å². The van der Waals surface area contributed by atoms with Gasteiger partial charge < -0.3 is 14.5 Å². The van der Waals surface area contributed by atoms with Gasteiger partial charge in [-0.3, -0.25) is 0 Å². The topological polar surface area (TPSA) is 65.3 Å². The highest BCUT2D eigenvalue weighted by Gasteiger charge is 2.23. The largest absolute Gasteiger partial charge is 0.495 e. The van der Waals surface area contributed by atoms with Crippen LogP contribution in [0.2, 0.25) is 0 Å². The van der Waals surface area contributed by atoms with E-state index >= 15 is 0 Å². The number of hydrogen-bond acceptors (Lipinski definition) is 6. The Morgan fingerprint density at radius 1 is 0.923 bits per heavy atom. The van der Waals surface area contributed by atoms with Crippen LogP contribution in [0.25, 0.3) is 10.9 Å². The number of benzene rings is 2. The molecule has 0 bridgehead atoms. The molecule has 26 heavy (non-hydrogen) atoms. The van der Waals surface area contributed by atoms with Gasteiger partial charge in [0.2, 0.25) is 0 Å². The average molecular weight is 345 g/mol. The first-order chi connectivity index (χ1) is 12.8. The highest BCUT2D eigenvalue weighted by atomic mass is 16.5. The van der Waals surface area contributed by atoms with E-state index in [2.05, 4.69) is 32.1 Å². The summed E-state index contributed by atoms with van der Waals surface area (Å²) < 4.78 is 5.49. The maximum absolute atomic E-state index is 9.50. The summed E-state index contributed by atoms with van der Waals surface area (Å²) in [5, 5.41) is 18.8. The summed E-state index contributed by atoms with van der Waals surface area (Å²) in [6.07, 6.45) is 0. The number of fused-ring (bicyclic) bond motifs is 1. The lowest BCUT2D eigenvalue weighted by Gasteiger charge is -2.38. The number of aromatic nitrogens is 2. The zero-order valence-corrected chi connectivity index (χ0v) is 14.6. The van der Waals surface area contributed by atoms with Crippen molar-refractivity contribution in [2.45, 2.75) is 0 Å².